The molecule has 0 aliphatic carbocycles. The van der Waals surface area contributed by atoms with E-state index < -0.39 is 8.32 Å². The van der Waals surface area contributed by atoms with E-state index in [2.05, 4.69) is 39.9 Å². The molecule has 0 aromatic heterocycles. The standard InChI is InChI=1S/C10H21NOSi/c1-10(2,3)13(4,5)12-9-7-6-8-11/h6-7,9H2,1-5H3. The molecule has 2 nitrogen and oxygen atoms in total. The first-order valence-electron chi connectivity index (χ1n) is 4.82. The van der Waals surface area contributed by atoms with E-state index in [-0.39, 0.29) is 5.04 Å². The Hall–Kier alpha value is -0.333. The highest BCUT2D eigenvalue weighted by Gasteiger charge is 2.36. The second kappa shape index (κ2) is 4.78. The lowest BCUT2D eigenvalue weighted by Crippen LogP contribution is -2.40. The Labute approximate surface area is 83.0 Å². The van der Waals surface area contributed by atoms with Crippen molar-refractivity contribution in [3.63, 3.8) is 0 Å². The molecule has 0 saturated carbocycles. The molecule has 3 heteroatoms. The first-order chi connectivity index (χ1) is 5.81. The topological polar surface area (TPSA) is 33.0 Å². The van der Waals surface area contributed by atoms with Gasteiger partial charge in [0.2, 0.25) is 0 Å². The lowest BCUT2D eigenvalue weighted by molar-refractivity contribution is 0.284. The summed E-state index contributed by atoms with van der Waals surface area (Å²) in [5.41, 5.74) is 0. The zero-order valence-electron chi connectivity index (χ0n) is 9.48. The third kappa shape index (κ3) is 4.44. The van der Waals surface area contributed by atoms with Gasteiger partial charge in [-0.3, -0.25) is 0 Å². The van der Waals surface area contributed by atoms with Crippen LogP contribution >= 0.6 is 0 Å². The summed E-state index contributed by atoms with van der Waals surface area (Å²) < 4.78 is 5.88. The molecular formula is C10H21NOSi. The minimum Gasteiger partial charge on any atom is -0.417 e. The lowest BCUT2D eigenvalue weighted by atomic mass is 10.2. The van der Waals surface area contributed by atoms with Crippen molar-refractivity contribution in [2.75, 3.05) is 6.61 Å². The predicted molar refractivity (Wildman–Crippen MR) is 58.0 cm³/mol. The van der Waals surface area contributed by atoms with Crippen LogP contribution in [0.3, 0.4) is 0 Å². The van der Waals surface area contributed by atoms with Gasteiger partial charge in [0.05, 0.1) is 6.07 Å². The van der Waals surface area contributed by atoms with Crippen LogP contribution < -0.4 is 0 Å². The third-order valence-electron chi connectivity index (χ3n) is 2.70. The van der Waals surface area contributed by atoms with Crippen LogP contribution in [0.5, 0.6) is 0 Å². The summed E-state index contributed by atoms with van der Waals surface area (Å²) in [6.07, 6.45) is 1.47. The number of hydrogen-bond donors (Lipinski definition) is 0. The lowest BCUT2D eigenvalue weighted by Gasteiger charge is -2.36. The third-order valence-corrected chi connectivity index (χ3v) is 7.24. The smallest absolute Gasteiger partial charge is 0.191 e. The number of nitriles is 1. The fraction of sp³-hybridized carbons (Fsp3) is 0.900. The van der Waals surface area contributed by atoms with Crippen LogP contribution in [0.1, 0.15) is 33.6 Å². The molecule has 0 aromatic carbocycles. The summed E-state index contributed by atoms with van der Waals surface area (Å²) in [7, 11) is -1.56. The van der Waals surface area contributed by atoms with Gasteiger partial charge in [-0.25, -0.2) is 0 Å². The highest BCUT2D eigenvalue weighted by atomic mass is 28.4. The van der Waals surface area contributed by atoms with Crippen molar-refractivity contribution in [2.45, 2.75) is 51.7 Å². The van der Waals surface area contributed by atoms with Crippen molar-refractivity contribution in [2.24, 2.45) is 0 Å². The van der Waals surface area contributed by atoms with Crippen LogP contribution in [-0.4, -0.2) is 14.9 Å². The van der Waals surface area contributed by atoms with Gasteiger partial charge in [0, 0.05) is 13.0 Å². The summed E-state index contributed by atoms with van der Waals surface area (Å²) in [4.78, 5) is 0. The maximum atomic E-state index is 8.36. The molecule has 0 aromatic rings. The van der Waals surface area contributed by atoms with Crippen molar-refractivity contribution < 1.29 is 4.43 Å². The minimum absolute atomic E-state index is 0.277. The molecule has 0 amide bonds. The van der Waals surface area contributed by atoms with Gasteiger partial charge in [0.1, 0.15) is 0 Å². The number of nitrogens with zero attached hydrogens (tertiary/aromatic N) is 1. The second-order valence-corrected chi connectivity index (χ2v) is 9.68. The van der Waals surface area contributed by atoms with Crippen LogP contribution in [0.25, 0.3) is 0 Å². The van der Waals surface area contributed by atoms with Crippen molar-refractivity contribution in [1.29, 1.82) is 5.26 Å². The van der Waals surface area contributed by atoms with Gasteiger partial charge in [-0.2, -0.15) is 5.26 Å². The number of rotatable bonds is 4. The molecule has 0 unspecified atom stereocenters. The molecule has 0 spiro atoms. The van der Waals surface area contributed by atoms with E-state index in [1.54, 1.807) is 0 Å². The molecule has 0 radical (unpaired) electrons. The average molecular weight is 199 g/mol. The Morgan fingerprint density at radius 1 is 1.31 bits per heavy atom. The zero-order chi connectivity index (χ0) is 10.5. The molecule has 13 heavy (non-hydrogen) atoms. The second-order valence-electron chi connectivity index (χ2n) is 4.87. The van der Waals surface area contributed by atoms with Crippen LogP contribution in [0, 0.1) is 11.3 Å². The van der Waals surface area contributed by atoms with Gasteiger partial charge >= 0.3 is 0 Å². The quantitative estimate of drug-likeness (QED) is 0.514. The van der Waals surface area contributed by atoms with E-state index in [0.717, 1.165) is 13.0 Å². The van der Waals surface area contributed by atoms with Crippen molar-refractivity contribution >= 4 is 8.32 Å². The van der Waals surface area contributed by atoms with Gasteiger partial charge < -0.3 is 4.43 Å². The molecule has 0 N–H and O–H groups in total. The summed E-state index contributed by atoms with van der Waals surface area (Å²) in [6.45, 7) is 11.9. The zero-order valence-corrected chi connectivity index (χ0v) is 10.5. The van der Waals surface area contributed by atoms with Crippen molar-refractivity contribution in [3.8, 4) is 6.07 Å². The Morgan fingerprint density at radius 2 is 1.85 bits per heavy atom. The monoisotopic (exact) mass is 199 g/mol. The Bertz CT molecular complexity index is 188. The van der Waals surface area contributed by atoms with E-state index in [1.165, 1.54) is 0 Å². The highest BCUT2D eigenvalue weighted by Crippen LogP contribution is 2.36. The first kappa shape index (κ1) is 12.7. The Balaban J connectivity index is 3.85. The first-order valence-corrected chi connectivity index (χ1v) is 7.73. The molecule has 0 bridgehead atoms. The SMILES string of the molecule is CC(C)(C)[Si](C)(C)OCCCC#N. The van der Waals surface area contributed by atoms with E-state index in [4.69, 9.17) is 9.69 Å². The molecule has 0 rings (SSSR count). The van der Waals surface area contributed by atoms with Crippen LogP contribution in [0.15, 0.2) is 0 Å². The number of hydrogen-bond acceptors (Lipinski definition) is 2. The van der Waals surface area contributed by atoms with E-state index >= 15 is 0 Å². The van der Waals surface area contributed by atoms with Crippen LogP contribution in [-0.2, 0) is 4.43 Å². The average Bonchev–Trinajstić information content (AvgIpc) is 1.96. The van der Waals surface area contributed by atoms with Crippen LogP contribution in [0.4, 0.5) is 0 Å². The van der Waals surface area contributed by atoms with E-state index in [9.17, 15) is 0 Å². The van der Waals surface area contributed by atoms with Crippen molar-refractivity contribution in [1.82, 2.24) is 0 Å². The molecule has 0 aliphatic heterocycles. The fourth-order valence-corrected chi connectivity index (χ4v) is 1.78. The molecule has 0 heterocycles. The Morgan fingerprint density at radius 3 is 2.23 bits per heavy atom. The van der Waals surface area contributed by atoms with Gasteiger partial charge in [0.25, 0.3) is 0 Å². The van der Waals surface area contributed by atoms with Gasteiger partial charge in [0.15, 0.2) is 8.32 Å². The molecule has 0 saturated heterocycles. The van der Waals surface area contributed by atoms with E-state index in [0.29, 0.717) is 6.42 Å². The molecule has 0 fully saturated rings. The van der Waals surface area contributed by atoms with Gasteiger partial charge in [-0.05, 0) is 24.6 Å². The summed E-state index contributed by atoms with van der Waals surface area (Å²) in [6, 6.07) is 2.13. The number of unbranched alkanes of at least 4 members (excludes halogenated alkanes) is 1. The normalized spacial score (nSPS) is 12.6. The minimum atomic E-state index is -1.56. The molecule has 76 valence electrons. The summed E-state index contributed by atoms with van der Waals surface area (Å²) >= 11 is 0. The van der Waals surface area contributed by atoms with Crippen LogP contribution in [0.2, 0.25) is 18.1 Å². The molecule has 0 aliphatic rings. The highest BCUT2D eigenvalue weighted by molar-refractivity contribution is 6.74. The Kier molecular flexibility index (Phi) is 4.66. The molecular weight excluding hydrogens is 178 g/mol. The maximum absolute atomic E-state index is 8.36. The predicted octanol–water partition coefficient (Wildman–Crippen LogP) is 3.31. The fourth-order valence-electron chi connectivity index (χ4n) is 0.695. The summed E-state index contributed by atoms with van der Waals surface area (Å²) in [5, 5.41) is 8.64. The largest absolute Gasteiger partial charge is 0.417 e. The van der Waals surface area contributed by atoms with Gasteiger partial charge in [-0.1, -0.05) is 20.8 Å². The van der Waals surface area contributed by atoms with Crippen molar-refractivity contribution in [3.05, 3.63) is 0 Å². The maximum Gasteiger partial charge on any atom is 0.191 e. The van der Waals surface area contributed by atoms with Gasteiger partial charge in [-0.15, -0.1) is 0 Å². The molecule has 0 atom stereocenters. The summed E-state index contributed by atoms with van der Waals surface area (Å²) in [5.74, 6) is 0. The van der Waals surface area contributed by atoms with E-state index in [1.807, 2.05) is 0 Å².